The van der Waals surface area contributed by atoms with Gasteiger partial charge in [-0.1, -0.05) is 32.6 Å². The molecule has 4 heteroatoms. The van der Waals surface area contributed by atoms with Crippen molar-refractivity contribution < 1.29 is 4.79 Å². The molecule has 0 spiro atoms. The zero-order valence-electron chi connectivity index (χ0n) is 11.3. The molecule has 1 heterocycles. The number of piperazine rings is 1. The summed E-state index contributed by atoms with van der Waals surface area (Å²) in [5.41, 5.74) is 0. The fourth-order valence-electron chi connectivity index (χ4n) is 2.36. The summed E-state index contributed by atoms with van der Waals surface area (Å²) < 4.78 is 0. The topological polar surface area (TPSA) is 44.4 Å². The molecule has 0 radical (unpaired) electrons. The van der Waals surface area contributed by atoms with Crippen molar-refractivity contribution >= 4 is 5.91 Å². The summed E-state index contributed by atoms with van der Waals surface area (Å²) >= 11 is 0. The molecule has 4 nitrogen and oxygen atoms in total. The average Bonchev–Trinajstić information content (AvgIpc) is 2.38. The first-order valence-corrected chi connectivity index (χ1v) is 6.96. The summed E-state index contributed by atoms with van der Waals surface area (Å²) in [4.78, 5) is 14.0. The van der Waals surface area contributed by atoms with Crippen LogP contribution in [0, 0.1) is 0 Å². The Balaban J connectivity index is 2.25. The van der Waals surface area contributed by atoms with Gasteiger partial charge in [-0.3, -0.25) is 9.69 Å². The van der Waals surface area contributed by atoms with Crippen LogP contribution in [-0.4, -0.2) is 50.1 Å². The molecule has 0 aliphatic carbocycles. The summed E-state index contributed by atoms with van der Waals surface area (Å²) in [6.45, 7) is 6.07. The van der Waals surface area contributed by atoms with E-state index in [1.165, 1.54) is 32.1 Å². The fraction of sp³-hybridized carbons (Fsp3) is 0.923. The summed E-state index contributed by atoms with van der Waals surface area (Å²) in [5.74, 6) is 0.144. The first-order chi connectivity index (χ1) is 8.29. The Kier molecular flexibility index (Phi) is 7.21. The molecule has 1 fully saturated rings. The van der Waals surface area contributed by atoms with Gasteiger partial charge in [0.2, 0.25) is 5.91 Å². The summed E-state index contributed by atoms with van der Waals surface area (Å²) in [7, 11) is 1.72. The van der Waals surface area contributed by atoms with Crippen LogP contribution in [0.1, 0.15) is 39.0 Å². The van der Waals surface area contributed by atoms with Gasteiger partial charge in [0.15, 0.2) is 0 Å². The van der Waals surface area contributed by atoms with Gasteiger partial charge >= 0.3 is 0 Å². The second-order valence-corrected chi connectivity index (χ2v) is 4.78. The molecular formula is C13H27N3O. The van der Waals surface area contributed by atoms with Gasteiger partial charge in [0.05, 0.1) is 0 Å². The predicted octanol–water partition coefficient (Wildman–Crippen LogP) is 0.977. The van der Waals surface area contributed by atoms with E-state index in [1.54, 1.807) is 7.05 Å². The van der Waals surface area contributed by atoms with E-state index in [0.717, 1.165) is 26.2 Å². The third-order valence-electron chi connectivity index (χ3n) is 3.45. The highest BCUT2D eigenvalue weighted by Gasteiger charge is 2.26. The van der Waals surface area contributed by atoms with E-state index < -0.39 is 0 Å². The van der Waals surface area contributed by atoms with E-state index in [0.29, 0.717) is 0 Å². The largest absolute Gasteiger partial charge is 0.358 e. The monoisotopic (exact) mass is 241 g/mol. The number of nitrogens with one attached hydrogen (secondary N) is 2. The number of carbonyl (C=O) groups is 1. The average molecular weight is 241 g/mol. The quantitative estimate of drug-likeness (QED) is 0.653. The first kappa shape index (κ1) is 14.5. The Morgan fingerprint density at radius 1 is 1.35 bits per heavy atom. The summed E-state index contributed by atoms with van der Waals surface area (Å²) in [6.07, 6.45) is 6.45. The zero-order valence-corrected chi connectivity index (χ0v) is 11.3. The van der Waals surface area contributed by atoms with E-state index in [9.17, 15) is 4.79 Å². The third kappa shape index (κ3) is 5.04. The van der Waals surface area contributed by atoms with Crippen molar-refractivity contribution in [2.45, 2.75) is 45.1 Å². The van der Waals surface area contributed by atoms with Crippen molar-refractivity contribution in [3.05, 3.63) is 0 Å². The van der Waals surface area contributed by atoms with Crippen LogP contribution >= 0.6 is 0 Å². The van der Waals surface area contributed by atoms with Crippen LogP contribution < -0.4 is 10.6 Å². The second-order valence-electron chi connectivity index (χ2n) is 4.78. The van der Waals surface area contributed by atoms with Crippen LogP contribution in [0.2, 0.25) is 0 Å². The van der Waals surface area contributed by atoms with Crippen LogP contribution in [0.3, 0.4) is 0 Å². The molecule has 100 valence electrons. The molecule has 1 rings (SSSR count). The lowest BCUT2D eigenvalue weighted by atomic mass is 10.1. The van der Waals surface area contributed by atoms with E-state index in [4.69, 9.17) is 0 Å². The molecule has 1 amide bonds. The van der Waals surface area contributed by atoms with Gasteiger partial charge in [-0.15, -0.1) is 0 Å². The number of hydrogen-bond donors (Lipinski definition) is 2. The van der Waals surface area contributed by atoms with Crippen molar-refractivity contribution in [1.82, 2.24) is 15.5 Å². The molecule has 1 atom stereocenters. The summed E-state index contributed by atoms with van der Waals surface area (Å²) in [6, 6.07) is 0.0277. The molecular weight excluding hydrogens is 214 g/mol. The molecule has 0 saturated carbocycles. The van der Waals surface area contributed by atoms with Crippen molar-refractivity contribution in [3.8, 4) is 0 Å². The lowest BCUT2D eigenvalue weighted by Crippen LogP contribution is -2.57. The lowest BCUT2D eigenvalue weighted by Gasteiger charge is -2.34. The SMILES string of the molecule is CCCCCCCN1CCNCC1C(=O)NC. The second kappa shape index (κ2) is 8.48. The van der Waals surface area contributed by atoms with Crippen molar-refractivity contribution in [2.24, 2.45) is 0 Å². The number of likely N-dealkylation sites (N-methyl/N-ethyl adjacent to an activating group) is 1. The van der Waals surface area contributed by atoms with Gasteiger partial charge in [0.25, 0.3) is 0 Å². The standard InChI is InChI=1S/C13H27N3O/c1-3-4-5-6-7-9-16-10-8-15-11-12(16)13(17)14-2/h12,15H,3-11H2,1-2H3,(H,14,17). The Morgan fingerprint density at radius 2 is 2.12 bits per heavy atom. The Bertz CT molecular complexity index is 221. The number of hydrogen-bond acceptors (Lipinski definition) is 3. The van der Waals surface area contributed by atoms with Crippen molar-refractivity contribution in [1.29, 1.82) is 0 Å². The van der Waals surface area contributed by atoms with E-state index >= 15 is 0 Å². The van der Waals surface area contributed by atoms with E-state index in [2.05, 4.69) is 22.5 Å². The minimum absolute atomic E-state index is 0.0277. The van der Waals surface area contributed by atoms with Crippen LogP contribution in [0.25, 0.3) is 0 Å². The number of nitrogens with zero attached hydrogens (tertiary/aromatic N) is 1. The molecule has 0 aromatic carbocycles. The fourth-order valence-corrected chi connectivity index (χ4v) is 2.36. The smallest absolute Gasteiger partial charge is 0.238 e. The van der Waals surface area contributed by atoms with Gasteiger partial charge in [0.1, 0.15) is 6.04 Å². The normalized spacial score (nSPS) is 21.4. The Labute approximate surface area is 105 Å². The maximum Gasteiger partial charge on any atom is 0.238 e. The van der Waals surface area contributed by atoms with Crippen LogP contribution in [-0.2, 0) is 4.79 Å². The van der Waals surface area contributed by atoms with Crippen molar-refractivity contribution in [2.75, 3.05) is 33.2 Å². The zero-order chi connectivity index (χ0) is 12.5. The third-order valence-corrected chi connectivity index (χ3v) is 3.45. The molecule has 2 N–H and O–H groups in total. The molecule has 17 heavy (non-hydrogen) atoms. The maximum absolute atomic E-state index is 11.7. The van der Waals surface area contributed by atoms with E-state index in [1.807, 2.05) is 0 Å². The van der Waals surface area contributed by atoms with Gasteiger partial charge in [-0.25, -0.2) is 0 Å². The summed E-state index contributed by atoms with van der Waals surface area (Å²) in [5, 5.41) is 6.04. The minimum Gasteiger partial charge on any atom is -0.358 e. The number of rotatable bonds is 7. The Morgan fingerprint density at radius 3 is 2.82 bits per heavy atom. The number of amides is 1. The molecule has 1 saturated heterocycles. The molecule has 1 unspecified atom stereocenters. The lowest BCUT2D eigenvalue weighted by molar-refractivity contribution is -0.126. The van der Waals surface area contributed by atoms with E-state index in [-0.39, 0.29) is 11.9 Å². The van der Waals surface area contributed by atoms with Gasteiger partial charge in [0, 0.05) is 26.7 Å². The first-order valence-electron chi connectivity index (χ1n) is 6.96. The van der Waals surface area contributed by atoms with Crippen molar-refractivity contribution in [3.63, 3.8) is 0 Å². The molecule has 1 aliphatic heterocycles. The molecule has 0 aromatic heterocycles. The highest BCUT2D eigenvalue weighted by molar-refractivity contribution is 5.81. The van der Waals surface area contributed by atoms with Gasteiger partial charge in [-0.2, -0.15) is 0 Å². The Hall–Kier alpha value is -0.610. The maximum atomic E-state index is 11.7. The number of unbranched alkanes of at least 4 members (excludes halogenated alkanes) is 4. The van der Waals surface area contributed by atoms with Crippen LogP contribution in [0.15, 0.2) is 0 Å². The van der Waals surface area contributed by atoms with Crippen LogP contribution in [0.5, 0.6) is 0 Å². The van der Waals surface area contributed by atoms with Gasteiger partial charge in [-0.05, 0) is 13.0 Å². The van der Waals surface area contributed by atoms with Gasteiger partial charge < -0.3 is 10.6 Å². The molecule has 0 aromatic rings. The highest BCUT2D eigenvalue weighted by atomic mass is 16.2. The minimum atomic E-state index is 0.0277. The predicted molar refractivity (Wildman–Crippen MR) is 71.1 cm³/mol. The van der Waals surface area contributed by atoms with Crippen LogP contribution in [0.4, 0.5) is 0 Å². The highest BCUT2D eigenvalue weighted by Crippen LogP contribution is 2.08. The number of carbonyl (C=O) groups excluding carboxylic acids is 1. The molecule has 1 aliphatic rings. The molecule has 0 bridgehead atoms.